The first kappa shape index (κ1) is 18.4. The van der Waals surface area contributed by atoms with Gasteiger partial charge >= 0.3 is 5.97 Å². The Bertz CT molecular complexity index is 755. The van der Waals surface area contributed by atoms with Crippen LogP contribution in [0.4, 0.5) is 5.69 Å². The lowest BCUT2D eigenvalue weighted by Crippen LogP contribution is -2.31. The molecule has 2 rings (SSSR count). The molecule has 0 radical (unpaired) electrons. The Morgan fingerprint density at radius 3 is 2.16 bits per heavy atom. The molecule has 0 aliphatic rings. The average Bonchev–Trinajstić information content (AvgIpc) is 2.62. The molecule has 2 aromatic rings. The Labute approximate surface area is 145 Å². The van der Waals surface area contributed by atoms with Gasteiger partial charge < -0.3 is 15.2 Å². The highest BCUT2D eigenvalue weighted by atomic mass is 16.6. The van der Waals surface area contributed by atoms with Crippen molar-refractivity contribution in [2.75, 3.05) is 5.32 Å². The zero-order valence-corrected chi connectivity index (χ0v) is 13.9. The van der Waals surface area contributed by atoms with E-state index in [-0.39, 0.29) is 5.78 Å². The Morgan fingerprint density at radius 2 is 1.60 bits per heavy atom. The summed E-state index contributed by atoms with van der Waals surface area (Å²) in [6.07, 6.45) is -2.54. The number of benzene rings is 2. The number of carbonyl (C=O) groups is 3. The van der Waals surface area contributed by atoms with E-state index in [9.17, 15) is 19.5 Å². The van der Waals surface area contributed by atoms with Crippen molar-refractivity contribution in [1.82, 2.24) is 0 Å². The predicted octanol–water partition coefficient (Wildman–Crippen LogP) is 2.49. The van der Waals surface area contributed by atoms with Gasteiger partial charge in [0.05, 0.1) is 0 Å². The number of nitrogens with one attached hydrogen (secondary N) is 1. The van der Waals surface area contributed by atoms with Crippen LogP contribution in [0.2, 0.25) is 0 Å². The van der Waals surface area contributed by atoms with Crippen molar-refractivity contribution in [3.05, 3.63) is 65.7 Å². The maximum Gasteiger partial charge on any atom is 0.340 e. The summed E-state index contributed by atoms with van der Waals surface area (Å²) in [5.41, 5.74) is 1.39. The van der Waals surface area contributed by atoms with Gasteiger partial charge in [-0.15, -0.1) is 0 Å². The van der Waals surface area contributed by atoms with E-state index >= 15 is 0 Å². The van der Waals surface area contributed by atoms with Crippen molar-refractivity contribution in [3.8, 4) is 0 Å². The SMILES string of the molecule is CC(=O)c1ccc(NC(=O)[C@@H](C)OC(=O)[C@H](O)c2ccccc2)cc1. The van der Waals surface area contributed by atoms with Crippen molar-refractivity contribution in [1.29, 1.82) is 0 Å². The van der Waals surface area contributed by atoms with Crippen LogP contribution in [0.15, 0.2) is 54.6 Å². The molecule has 0 spiro atoms. The molecule has 0 heterocycles. The van der Waals surface area contributed by atoms with Crippen LogP contribution in [-0.4, -0.2) is 28.9 Å². The Balaban J connectivity index is 1.93. The number of carbonyl (C=O) groups excluding carboxylic acids is 3. The summed E-state index contributed by atoms with van der Waals surface area (Å²) in [5, 5.41) is 12.5. The Morgan fingerprint density at radius 1 is 1.00 bits per heavy atom. The molecule has 0 saturated carbocycles. The van der Waals surface area contributed by atoms with Crippen LogP contribution in [0.25, 0.3) is 0 Å². The fraction of sp³-hybridized carbons (Fsp3) is 0.211. The van der Waals surface area contributed by atoms with E-state index in [1.54, 1.807) is 54.6 Å². The van der Waals surface area contributed by atoms with E-state index in [4.69, 9.17) is 4.74 Å². The van der Waals surface area contributed by atoms with E-state index in [0.717, 1.165) is 0 Å². The van der Waals surface area contributed by atoms with Gasteiger partial charge in [0.15, 0.2) is 18.0 Å². The van der Waals surface area contributed by atoms with Crippen LogP contribution in [0.5, 0.6) is 0 Å². The predicted molar refractivity (Wildman–Crippen MR) is 92.0 cm³/mol. The lowest BCUT2D eigenvalue weighted by molar-refractivity contribution is -0.162. The topological polar surface area (TPSA) is 92.7 Å². The van der Waals surface area contributed by atoms with Gasteiger partial charge in [-0.05, 0) is 43.7 Å². The van der Waals surface area contributed by atoms with Gasteiger partial charge in [-0.2, -0.15) is 0 Å². The standard InChI is InChI=1S/C19H19NO5/c1-12(21)14-8-10-16(11-9-14)20-18(23)13(2)25-19(24)17(22)15-6-4-3-5-7-15/h3-11,13,17,22H,1-2H3,(H,20,23)/t13-,17-/m1/s1. The summed E-state index contributed by atoms with van der Waals surface area (Å²) in [7, 11) is 0. The third kappa shape index (κ3) is 4.99. The number of hydrogen-bond acceptors (Lipinski definition) is 5. The van der Waals surface area contributed by atoms with Crippen LogP contribution >= 0.6 is 0 Å². The quantitative estimate of drug-likeness (QED) is 0.622. The fourth-order valence-electron chi connectivity index (χ4n) is 2.10. The van der Waals surface area contributed by atoms with Gasteiger partial charge in [0.1, 0.15) is 0 Å². The van der Waals surface area contributed by atoms with Gasteiger partial charge in [-0.1, -0.05) is 30.3 Å². The maximum atomic E-state index is 12.1. The first-order valence-corrected chi connectivity index (χ1v) is 7.74. The number of ether oxygens (including phenoxy) is 1. The van der Waals surface area contributed by atoms with Crippen molar-refractivity contribution in [2.24, 2.45) is 0 Å². The normalized spacial score (nSPS) is 12.8. The molecular weight excluding hydrogens is 322 g/mol. The van der Waals surface area contributed by atoms with Crippen LogP contribution in [0.3, 0.4) is 0 Å². The molecule has 130 valence electrons. The average molecular weight is 341 g/mol. The molecule has 0 aromatic heterocycles. The molecule has 0 saturated heterocycles. The number of aliphatic hydroxyl groups is 1. The van der Waals surface area contributed by atoms with Crippen LogP contribution in [0, 0.1) is 0 Å². The van der Waals surface area contributed by atoms with E-state index in [1.807, 2.05) is 0 Å². The van der Waals surface area contributed by atoms with E-state index < -0.39 is 24.1 Å². The number of Topliss-reactive ketones (excluding diaryl/α,β-unsaturated/α-hetero) is 1. The highest BCUT2D eigenvalue weighted by Gasteiger charge is 2.24. The number of ketones is 1. The molecule has 0 fully saturated rings. The van der Waals surface area contributed by atoms with E-state index in [1.165, 1.54) is 13.8 Å². The summed E-state index contributed by atoms with van der Waals surface area (Å²) in [6, 6.07) is 14.7. The molecule has 0 aliphatic heterocycles. The Kier molecular flexibility index (Phi) is 6.03. The van der Waals surface area contributed by atoms with Gasteiger partial charge in [-0.25, -0.2) is 4.79 Å². The van der Waals surface area contributed by atoms with Crippen LogP contribution in [-0.2, 0) is 14.3 Å². The maximum absolute atomic E-state index is 12.1. The third-order valence-corrected chi connectivity index (χ3v) is 3.56. The minimum Gasteiger partial charge on any atom is -0.450 e. The lowest BCUT2D eigenvalue weighted by Gasteiger charge is -2.16. The highest BCUT2D eigenvalue weighted by molar-refractivity contribution is 5.97. The molecule has 1 amide bonds. The minimum atomic E-state index is -1.45. The zero-order chi connectivity index (χ0) is 18.4. The largest absolute Gasteiger partial charge is 0.450 e. The second-order valence-electron chi connectivity index (χ2n) is 5.52. The molecular formula is C19H19NO5. The van der Waals surface area contributed by atoms with Crippen molar-refractivity contribution >= 4 is 23.3 Å². The summed E-state index contributed by atoms with van der Waals surface area (Å²) in [4.78, 5) is 35.3. The van der Waals surface area contributed by atoms with E-state index in [0.29, 0.717) is 16.8 Å². The van der Waals surface area contributed by atoms with E-state index in [2.05, 4.69) is 5.32 Å². The molecule has 6 heteroatoms. The summed E-state index contributed by atoms with van der Waals surface area (Å²) < 4.78 is 5.01. The molecule has 25 heavy (non-hydrogen) atoms. The first-order valence-electron chi connectivity index (χ1n) is 7.74. The number of aliphatic hydroxyl groups excluding tert-OH is 1. The smallest absolute Gasteiger partial charge is 0.340 e. The summed E-state index contributed by atoms with van der Waals surface area (Å²) in [5.74, 6) is -1.51. The summed E-state index contributed by atoms with van der Waals surface area (Å²) >= 11 is 0. The summed E-state index contributed by atoms with van der Waals surface area (Å²) in [6.45, 7) is 2.86. The molecule has 2 aromatic carbocycles. The molecule has 0 bridgehead atoms. The number of esters is 1. The van der Waals surface area contributed by atoms with Crippen LogP contribution in [0.1, 0.15) is 35.9 Å². The second-order valence-corrected chi connectivity index (χ2v) is 5.52. The van der Waals surface area contributed by atoms with Crippen molar-refractivity contribution in [3.63, 3.8) is 0 Å². The molecule has 2 N–H and O–H groups in total. The van der Waals surface area contributed by atoms with Crippen molar-refractivity contribution in [2.45, 2.75) is 26.1 Å². The lowest BCUT2D eigenvalue weighted by atomic mass is 10.1. The second kappa shape index (κ2) is 8.21. The zero-order valence-electron chi connectivity index (χ0n) is 13.9. The number of amides is 1. The van der Waals surface area contributed by atoms with Gasteiger partial charge in [0, 0.05) is 11.3 Å². The number of hydrogen-bond donors (Lipinski definition) is 2. The number of anilines is 1. The first-order chi connectivity index (χ1) is 11.9. The molecule has 2 atom stereocenters. The fourth-order valence-corrected chi connectivity index (χ4v) is 2.10. The monoisotopic (exact) mass is 341 g/mol. The van der Waals surface area contributed by atoms with Crippen molar-refractivity contribution < 1.29 is 24.2 Å². The molecule has 0 aliphatic carbocycles. The molecule has 0 unspecified atom stereocenters. The Hall–Kier alpha value is -2.99. The van der Waals surface area contributed by atoms with Gasteiger partial charge in [0.25, 0.3) is 5.91 Å². The number of rotatable bonds is 6. The highest BCUT2D eigenvalue weighted by Crippen LogP contribution is 2.15. The van der Waals surface area contributed by atoms with Gasteiger partial charge in [0.2, 0.25) is 0 Å². The minimum absolute atomic E-state index is 0.0740. The third-order valence-electron chi connectivity index (χ3n) is 3.56. The van der Waals surface area contributed by atoms with Crippen LogP contribution < -0.4 is 5.32 Å². The molecule has 6 nitrogen and oxygen atoms in total. The van der Waals surface area contributed by atoms with Gasteiger partial charge in [-0.3, -0.25) is 9.59 Å².